The minimum absolute atomic E-state index is 0.534. The Kier molecular flexibility index (Phi) is 2.87. The van der Waals surface area contributed by atoms with Crippen LogP contribution in [0.4, 0.5) is 5.69 Å². The molecule has 2 rings (SSSR count). The van der Waals surface area contributed by atoms with E-state index in [2.05, 4.69) is 15.5 Å². The molecule has 1 amide bonds. The summed E-state index contributed by atoms with van der Waals surface area (Å²) in [6.07, 6.45) is 3.23. The Morgan fingerprint density at radius 2 is 2.18 bits per heavy atom. The SMILES string of the molecule is O=C([O-])/C=C\C(=O)Nc1ccc2cn[nH]c2c1. The second-order valence-corrected chi connectivity index (χ2v) is 3.31. The number of anilines is 1. The van der Waals surface area contributed by atoms with Gasteiger partial charge in [0.15, 0.2) is 0 Å². The number of rotatable bonds is 3. The van der Waals surface area contributed by atoms with Gasteiger partial charge in [0.05, 0.1) is 17.7 Å². The summed E-state index contributed by atoms with van der Waals surface area (Å²) in [5.41, 5.74) is 1.33. The van der Waals surface area contributed by atoms with E-state index < -0.39 is 11.9 Å². The zero-order chi connectivity index (χ0) is 12.3. The molecule has 6 nitrogen and oxygen atoms in total. The highest BCUT2D eigenvalue weighted by Crippen LogP contribution is 2.16. The zero-order valence-electron chi connectivity index (χ0n) is 8.64. The van der Waals surface area contributed by atoms with E-state index in [0.29, 0.717) is 11.8 Å². The number of hydrogen-bond donors (Lipinski definition) is 2. The lowest BCUT2D eigenvalue weighted by Crippen LogP contribution is -2.20. The summed E-state index contributed by atoms with van der Waals surface area (Å²) >= 11 is 0. The predicted molar refractivity (Wildman–Crippen MR) is 58.9 cm³/mol. The highest BCUT2D eigenvalue weighted by molar-refractivity contribution is 6.02. The van der Waals surface area contributed by atoms with Crippen LogP contribution in [-0.2, 0) is 9.59 Å². The summed E-state index contributed by atoms with van der Waals surface area (Å²) in [5, 5.41) is 20.1. The van der Waals surface area contributed by atoms with Crippen molar-refractivity contribution in [1.82, 2.24) is 10.2 Å². The summed E-state index contributed by atoms with van der Waals surface area (Å²) in [5.74, 6) is -1.95. The monoisotopic (exact) mass is 230 g/mol. The fraction of sp³-hybridized carbons (Fsp3) is 0. The minimum Gasteiger partial charge on any atom is -0.545 e. The molecule has 0 fully saturated rings. The highest BCUT2D eigenvalue weighted by atomic mass is 16.4. The Labute approximate surface area is 95.9 Å². The molecule has 0 saturated carbocycles. The van der Waals surface area contributed by atoms with Crippen LogP contribution in [-0.4, -0.2) is 22.1 Å². The summed E-state index contributed by atoms with van der Waals surface area (Å²) < 4.78 is 0. The summed E-state index contributed by atoms with van der Waals surface area (Å²) in [4.78, 5) is 21.4. The molecule has 1 aromatic heterocycles. The number of aromatic amines is 1. The first kappa shape index (κ1) is 10.9. The van der Waals surface area contributed by atoms with Crippen molar-refractivity contribution in [1.29, 1.82) is 0 Å². The minimum atomic E-state index is -1.41. The first-order chi connectivity index (χ1) is 8.15. The normalized spacial score (nSPS) is 10.8. The second kappa shape index (κ2) is 4.48. The van der Waals surface area contributed by atoms with Crippen LogP contribution < -0.4 is 10.4 Å². The van der Waals surface area contributed by atoms with E-state index in [1.807, 2.05) is 0 Å². The molecule has 0 aliphatic rings. The van der Waals surface area contributed by atoms with Crippen LogP contribution >= 0.6 is 0 Å². The molecule has 0 aliphatic heterocycles. The summed E-state index contributed by atoms with van der Waals surface area (Å²) in [6, 6.07) is 5.19. The van der Waals surface area contributed by atoms with Crippen LogP contribution in [0, 0.1) is 0 Å². The molecule has 0 saturated heterocycles. The van der Waals surface area contributed by atoms with Gasteiger partial charge in [0, 0.05) is 17.1 Å². The first-order valence-electron chi connectivity index (χ1n) is 4.78. The number of nitrogens with zero attached hydrogens (tertiary/aromatic N) is 1. The number of H-pyrrole nitrogens is 1. The lowest BCUT2D eigenvalue weighted by Gasteiger charge is -2.01. The van der Waals surface area contributed by atoms with Gasteiger partial charge in [0.1, 0.15) is 0 Å². The number of aliphatic carboxylic acids is 1. The van der Waals surface area contributed by atoms with Crippen LogP contribution in [0.5, 0.6) is 0 Å². The standard InChI is InChI=1S/C11H9N3O3/c15-10(3-4-11(16)17)13-8-2-1-7-6-12-14-9(7)5-8/h1-6H,(H,12,14)(H,13,15)(H,16,17)/p-1/b4-3-. The maximum atomic E-state index is 11.3. The molecule has 86 valence electrons. The smallest absolute Gasteiger partial charge is 0.248 e. The molecule has 1 aromatic carbocycles. The van der Waals surface area contributed by atoms with Crippen molar-refractivity contribution in [3.05, 3.63) is 36.5 Å². The average molecular weight is 230 g/mol. The van der Waals surface area contributed by atoms with Gasteiger partial charge in [-0.05, 0) is 24.3 Å². The number of carboxylic acid groups (broad SMARTS) is 1. The Morgan fingerprint density at radius 1 is 1.35 bits per heavy atom. The van der Waals surface area contributed by atoms with E-state index in [0.717, 1.165) is 17.0 Å². The van der Waals surface area contributed by atoms with Crippen LogP contribution in [0.3, 0.4) is 0 Å². The fourth-order valence-electron chi connectivity index (χ4n) is 1.34. The number of aromatic nitrogens is 2. The van der Waals surface area contributed by atoms with Crippen LogP contribution in [0.2, 0.25) is 0 Å². The lowest BCUT2D eigenvalue weighted by molar-refractivity contribution is -0.297. The maximum absolute atomic E-state index is 11.3. The van der Waals surface area contributed by atoms with E-state index in [1.165, 1.54) is 0 Å². The largest absolute Gasteiger partial charge is 0.545 e. The van der Waals surface area contributed by atoms with Gasteiger partial charge in [0.25, 0.3) is 0 Å². The van der Waals surface area contributed by atoms with Gasteiger partial charge in [-0.25, -0.2) is 0 Å². The molecule has 0 atom stereocenters. The number of fused-ring (bicyclic) bond motifs is 1. The molecule has 2 N–H and O–H groups in total. The van der Waals surface area contributed by atoms with Gasteiger partial charge in [-0.15, -0.1) is 0 Å². The Hall–Kier alpha value is -2.63. The van der Waals surface area contributed by atoms with Crippen LogP contribution in [0.15, 0.2) is 36.5 Å². The van der Waals surface area contributed by atoms with Gasteiger partial charge >= 0.3 is 0 Å². The number of carboxylic acids is 1. The van der Waals surface area contributed by atoms with Gasteiger partial charge in [-0.2, -0.15) is 5.10 Å². The third kappa shape index (κ3) is 2.69. The van der Waals surface area contributed by atoms with Crippen molar-refractivity contribution < 1.29 is 14.7 Å². The Bertz CT molecular complexity index is 601. The van der Waals surface area contributed by atoms with Crippen molar-refractivity contribution in [3.8, 4) is 0 Å². The van der Waals surface area contributed by atoms with Crippen molar-refractivity contribution in [3.63, 3.8) is 0 Å². The zero-order valence-corrected chi connectivity index (χ0v) is 8.64. The van der Waals surface area contributed by atoms with Crippen molar-refractivity contribution >= 4 is 28.5 Å². The molecular weight excluding hydrogens is 222 g/mol. The molecule has 0 unspecified atom stereocenters. The van der Waals surface area contributed by atoms with E-state index >= 15 is 0 Å². The molecular formula is C11H8N3O3-. The number of hydrogen-bond acceptors (Lipinski definition) is 4. The molecule has 17 heavy (non-hydrogen) atoms. The Balaban J connectivity index is 2.12. The highest BCUT2D eigenvalue weighted by Gasteiger charge is 2.00. The molecule has 0 bridgehead atoms. The van der Waals surface area contributed by atoms with E-state index in [1.54, 1.807) is 24.4 Å². The molecule has 0 radical (unpaired) electrons. The summed E-state index contributed by atoms with van der Waals surface area (Å²) in [7, 11) is 0. The van der Waals surface area contributed by atoms with Crippen LogP contribution in [0.1, 0.15) is 0 Å². The van der Waals surface area contributed by atoms with Gasteiger partial charge in [0.2, 0.25) is 5.91 Å². The molecule has 1 heterocycles. The maximum Gasteiger partial charge on any atom is 0.248 e. The second-order valence-electron chi connectivity index (χ2n) is 3.31. The third-order valence-electron chi connectivity index (χ3n) is 2.08. The number of benzene rings is 1. The van der Waals surface area contributed by atoms with Crippen molar-refractivity contribution in [2.75, 3.05) is 5.32 Å². The third-order valence-corrected chi connectivity index (χ3v) is 2.08. The molecule has 6 heteroatoms. The number of carbonyl (C=O) groups excluding carboxylic acids is 2. The van der Waals surface area contributed by atoms with Gasteiger partial charge in [-0.3, -0.25) is 9.89 Å². The summed E-state index contributed by atoms with van der Waals surface area (Å²) in [6.45, 7) is 0. The quantitative estimate of drug-likeness (QED) is 0.714. The van der Waals surface area contributed by atoms with E-state index in [-0.39, 0.29) is 0 Å². The average Bonchev–Trinajstić information content (AvgIpc) is 2.73. The van der Waals surface area contributed by atoms with Crippen molar-refractivity contribution in [2.24, 2.45) is 0 Å². The van der Waals surface area contributed by atoms with Gasteiger partial charge in [-0.1, -0.05) is 0 Å². The number of carbonyl (C=O) groups is 2. The topological polar surface area (TPSA) is 97.9 Å². The van der Waals surface area contributed by atoms with Gasteiger partial charge < -0.3 is 15.2 Å². The number of amides is 1. The molecule has 2 aromatic rings. The van der Waals surface area contributed by atoms with E-state index in [9.17, 15) is 14.7 Å². The first-order valence-corrected chi connectivity index (χ1v) is 4.78. The molecule has 0 spiro atoms. The molecule has 0 aliphatic carbocycles. The van der Waals surface area contributed by atoms with Crippen LogP contribution in [0.25, 0.3) is 10.9 Å². The predicted octanol–water partition coefficient (Wildman–Crippen LogP) is -0.193. The Morgan fingerprint density at radius 3 is 2.94 bits per heavy atom. The lowest BCUT2D eigenvalue weighted by atomic mass is 10.2. The fourth-order valence-corrected chi connectivity index (χ4v) is 1.34. The van der Waals surface area contributed by atoms with Crippen molar-refractivity contribution in [2.45, 2.75) is 0 Å². The van der Waals surface area contributed by atoms with E-state index in [4.69, 9.17) is 0 Å². The number of nitrogens with one attached hydrogen (secondary N) is 2.